The van der Waals surface area contributed by atoms with Gasteiger partial charge in [0, 0.05) is 24.5 Å². The van der Waals surface area contributed by atoms with Crippen LogP contribution in [0.3, 0.4) is 0 Å². The van der Waals surface area contributed by atoms with Gasteiger partial charge in [-0.1, -0.05) is 49.4 Å². The molecule has 0 aliphatic carbocycles. The van der Waals surface area contributed by atoms with Gasteiger partial charge in [0.05, 0.1) is 18.2 Å². The first kappa shape index (κ1) is 21.3. The molecule has 3 aromatic rings. The van der Waals surface area contributed by atoms with Crippen molar-refractivity contribution in [3.05, 3.63) is 101 Å². The maximum atomic E-state index is 13.1. The molecule has 1 amide bonds. The van der Waals surface area contributed by atoms with Gasteiger partial charge in [0.2, 0.25) is 0 Å². The van der Waals surface area contributed by atoms with Gasteiger partial charge in [0.15, 0.2) is 0 Å². The van der Waals surface area contributed by atoms with Crippen LogP contribution in [0.1, 0.15) is 36.1 Å². The number of nitrogens with zero attached hydrogens (tertiary/aromatic N) is 2. The lowest BCUT2D eigenvalue weighted by molar-refractivity contribution is -0.140. The number of ether oxygens (including phenoxy) is 1. The van der Waals surface area contributed by atoms with Crippen LogP contribution in [-0.2, 0) is 16.1 Å². The molecule has 162 valence electrons. The molecule has 1 atom stereocenters. The van der Waals surface area contributed by atoms with Crippen LogP contribution in [0.4, 0.5) is 0 Å². The van der Waals surface area contributed by atoms with E-state index in [1.54, 1.807) is 48.8 Å². The maximum absolute atomic E-state index is 13.1. The van der Waals surface area contributed by atoms with Crippen LogP contribution in [0.25, 0.3) is 5.76 Å². The summed E-state index contributed by atoms with van der Waals surface area (Å²) in [6.07, 6.45) is 4.07. The Kier molecular flexibility index (Phi) is 6.31. The van der Waals surface area contributed by atoms with Crippen LogP contribution < -0.4 is 4.74 Å². The van der Waals surface area contributed by atoms with E-state index in [0.717, 1.165) is 12.0 Å². The molecule has 32 heavy (non-hydrogen) atoms. The second kappa shape index (κ2) is 9.47. The predicted octanol–water partition coefficient (Wildman–Crippen LogP) is 4.49. The number of benzene rings is 2. The summed E-state index contributed by atoms with van der Waals surface area (Å²) in [6, 6.07) is 19.2. The molecular formula is C26H24N2O4. The molecular weight excluding hydrogens is 404 g/mol. The Labute approximate surface area is 186 Å². The van der Waals surface area contributed by atoms with E-state index in [1.165, 1.54) is 4.90 Å². The van der Waals surface area contributed by atoms with Gasteiger partial charge in [0.25, 0.3) is 11.7 Å². The molecule has 0 radical (unpaired) electrons. The highest BCUT2D eigenvalue weighted by molar-refractivity contribution is 6.46. The number of hydrogen-bond acceptors (Lipinski definition) is 5. The summed E-state index contributed by atoms with van der Waals surface area (Å²) in [5.41, 5.74) is 2.08. The van der Waals surface area contributed by atoms with Crippen LogP contribution in [0.15, 0.2) is 84.7 Å². The number of aliphatic hydroxyl groups excluding tert-OH is 1. The molecule has 1 unspecified atom stereocenters. The molecule has 2 heterocycles. The molecule has 2 aromatic carbocycles. The smallest absolute Gasteiger partial charge is 0.295 e. The number of carbonyl (C=O) groups is 2. The van der Waals surface area contributed by atoms with Gasteiger partial charge >= 0.3 is 0 Å². The average molecular weight is 428 g/mol. The zero-order chi connectivity index (χ0) is 22.5. The molecule has 6 heteroatoms. The van der Waals surface area contributed by atoms with Gasteiger partial charge in [0.1, 0.15) is 11.5 Å². The summed E-state index contributed by atoms with van der Waals surface area (Å²) in [5.74, 6) is -0.978. The lowest BCUT2D eigenvalue weighted by Gasteiger charge is -2.25. The summed E-state index contributed by atoms with van der Waals surface area (Å²) in [6.45, 7) is 2.80. The number of rotatable bonds is 7. The van der Waals surface area contributed by atoms with Crippen molar-refractivity contribution < 1.29 is 19.4 Å². The third-order valence-electron chi connectivity index (χ3n) is 5.34. The Bertz CT molecular complexity index is 1140. The van der Waals surface area contributed by atoms with E-state index in [2.05, 4.69) is 4.98 Å². The molecule has 0 bridgehead atoms. The second-order valence-corrected chi connectivity index (χ2v) is 7.57. The third kappa shape index (κ3) is 4.25. The minimum atomic E-state index is -0.724. The van der Waals surface area contributed by atoms with Gasteiger partial charge in [-0.05, 0) is 41.8 Å². The van der Waals surface area contributed by atoms with Crippen molar-refractivity contribution >= 4 is 17.4 Å². The van der Waals surface area contributed by atoms with Crippen molar-refractivity contribution in [2.24, 2.45) is 0 Å². The molecule has 1 aliphatic heterocycles. The third-order valence-corrected chi connectivity index (χ3v) is 5.34. The standard InChI is InChI=1S/C26H24N2O4/c1-2-15-32-21-10-6-9-20(16-21)24(29)22-23(19-11-13-27-14-12-19)28(26(31)25(22)30)17-18-7-4-3-5-8-18/h3-14,16,23,29H,2,15,17H2,1H3/b24-22+. The first-order valence-corrected chi connectivity index (χ1v) is 10.6. The molecule has 1 aromatic heterocycles. The zero-order valence-corrected chi connectivity index (χ0v) is 17.8. The van der Waals surface area contributed by atoms with Gasteiger partial charge in [-0.25, -0.2) is 0 Å². The second-order valence-electron chi connectivity index (χ2n) is 7.57. The van der Waals surface area contributed by atoms with Crippen molar-refractivity contribution in [1.82, 2.24) is 9.88 Å². The Morgan fingerprint density at radius 2 is 1.78 bits per heavy atom. The number of ketones is 1. The number of amides is 1. The fourth-order valence-corrected chi connectivity index (χ4v) is 3.82. The minimum Gasteiger partial charge on any atom is -0.507 e. The highest BCUT2D eigenvalue weighted by Gasteiger charge is 2.46. The Hall–Kier alpha value is -3.93. The number of aliphatic hydroxyl groups is 1. The number of hydrogen-bond donors (Lipinski definition) is 1. The van der Waals surface area contributed by atoms with Gasteiger partial charge in [-0.2, -0.15) is 0 Å². The quantitative estimate of drug-likeness (QED) is 0.341. The monoisotopic (exact) mass is 428 g/mol. The highest BCUT2D eigenvalue weighted by atomic mass is 16.5. The maximum Gasteiger partial charge on any atom is 0.295 e. The van der Waals surface area contributed by atoms with Crippen LogP contribution in [0.5, 0.6) is 5.75 Å². The molecule has 4 rings (SSSR count). The lowest BCUT2D eigenvalue weighted by Crippen LogP contribution is -2.29. The van der Waals surface area contributed by atoms with E-state index < -0.39 is 17.7 Å². The van der Waals surface area contributed by atoms with Crippen LogP contribution in [-0.4, -0.2) is 33.3 Å². The Balaban J connectivity index is 1.80. The average Bonchev–Trinajstić information content (AvgIpc) is 3.08. The van der Waals surface area contributed by atoms with E-state index >= 15 is 0 Å². The van der Waals surface area contributed by atoms with Crippen LogP contribution in [0.2, 0.25) is 0 Å². The van der Waals surface area contributed by atoms with Crippen molar-refractivity contribution in [3.8, 4) is 5.75 Å². The molecule has 1 N–H and O–H groups in total. The Morgan fingerprint density at radius 3 is 2.50 bits per heavy atom. The van der Waals surface area contributed by atoms with Crippen LogP contribution >= 0.6 is 0 Å². The van der Waals surface area contributed by atoms with E-state index in [-0.39, 0.29) is 17.9 Å². The predicted molar refractivity (Wildman–Crippen MR) is 121 cm³/mol. The summed E-state index contributed by atoms with van der Waals surface area (Å²) in [5, 5.41) is 11.2. The number of aromatic nitrogens is 1. The number of carbonyl (C=O) groups excluding carboxylic acids is 2. The Morgan fingerprint density at radius 1 is 1.03 bits per heavy atom. The topological polar surface area (TPSA) is 79.7 Å². The fourth-order valence-electron chi connectivity index (χ4n) is 3.82. The largest absolute Gasteiger partial charge is 0.507 e. The molecule has 0 spiro atoms. The van der Waals surface area contributed by atoms with Crippen molar-refractivity contribution in [1.29, 1.82) is 0 Å². The van der Waals surface area contributed by atoms with E-state index in [9.17, 15) is 14.7 Å². The molecule has 1 fully saturated rings. The van der Waals surface area contributed by atoms with Crippen molar-refractivity contribution in [3.63, 3.8) is 0 Å². The highest BCUT2D eigenvalue weighted by Crippen LogP contribution is 2.40. The summed E-state index contributed by atoms with van der Waals surface area (Å²) in [4.78, 5) is 31.7. The van der Waals surface area contributed by atoms with Crippen LogP contribution in [0, 0.1) is 0 Å². The van der Waals surface area contributed by atoms with Crippen molar-refractivity contribution in [2.75, 3.05) is 6.61 Å². The first-order valence-electron chi connectivity index (χ1n) is 10.6. The van der Waals surface area contributed by atoms with E-state index in [4.69, 9.17) is 4.74 Å². The zero-order valence-electron chi connectivity index (χ0n) is 17.8. The molecule has 6 nitrogen and oxygen atoms in total. The van der Waals surface area contributed by atoms with Gasteiger partial charge in [-0.3, -0.25) is 14.6 Å². The van der Waals surface area contributed by atoms with Gasteiger partial charge < -0.3 is 14.7 Å². The van der Waals surface area contributed by atoms with E-state index in [0.29, 0.717) is 23.5 Å². The summed E-state index contributed by atoms with van der Waals surface area (Å²) >= 11 is 0. The van der Waals surface area contributed by atoms with Gasteiger partial charge in [-0.15, -0.1) is 0 Å². The molecule has 1 saturated heterocycles. The number of pyridine rings is 1. The number of Topliss-reactive ketones (excluding diaryl/α,β-unsaturated/α-hetero) is 1. The molecule has 0 saturated carbocycles. The number of likely N-dealkylation sites (tertiary alicyclic amines) is 1. The lowest BCUT2D eigenvalue weighted by atomic mass is 9.95. The SMILES string of the molecule is CCCOc1cccc(/C(O)=C2\C(=O)C(=O)N(Cc3ccccc3)C2c2ccncc2)c1. The minimum absolute atomic E-state index is 0.0600. The normalized spacial score (nSPS) is 17.5. The summed E-state index contributed by atoms with van der Waals surface area (Å²) < 4.78 is 5.66. The molecule has 1 aliphatic rings. The van der Waals surface area contributed by atoms with Crippen molar-refractivity contribution in [2.45, 2.75) is 25.9 Å². The van der Waals surface area contributed by atoms with E-state index in [1.807, 2.05) is 37.3 Å². The summed E-state index contributed by atoms with van der Waals surface area (Å²) in [7, 11) is 0. The fraction of sp³-hybridized carbons (Fsp3) is 0.192. The first-order chi connectivity index (χ1) is 15.6.